The van der Waals surface area contributed by atoms with Crippen molar-refractivity contribution in [3.63, 3.8) is 0 Å². The van der Waals surface area contributed by atoms with Crippen LogP contribution in [0, 0.1) is 0 Å². The second-order valence-corrected chi connectivity index (χ2v) is 6.78. The van der Waals surface area contributed by atoms with Gasteiger partial charge in [-0.3, -0.25) is 24.0 Å². The second kappa shape index (κ2) is 11.7. The Kier molecular flexibility index (Phi) is 9.68. The maximum atomic E-state index is 12.8. The molecule has 1 heterocycles. The predicted octanol–water partition coefficient (Wildman–Crippen LogP) is -2.28. The van der Waals surface area contributed by atoms with Crippen molar-refractivity contribution >= 4 is 35.6 Å². The molecule has 0 aliphatic carbocycles. The van der Waals surface area contributed by atoms with Crippen molar-refractivity contribution < 1.29 is 44.1 Å². The number of rotatable bonds is 12. The fourth-order valence-electron chi connectivity index (χ4n) is 3.07. The van der Waals surface area contributed by atoms with Crippen molar-refractivity contribution in [1.29, 1.82) is 0 Å². The van der Waals surface area contributed by atoms with Crippen LogP contribution < -0.4 is 16.4 Å². The highest BCUT2D eigenvalue weighted by atomic mass is 16.4. The highest BCUT2D eigenvalue weighted by Crippen LogP contribution is 2.19. The highest BCUT2D eigenvalue weighted by molar-refractivity contribution is 5.94. The van der Waals surface area contributed by atoms with Crippen LogP contribution >= 0.6 is 0 Å². The van der Waals surface area contributed by atoms with Crippen LogP contribution in [-0.4, -0.2) is 87.1 Å². The number of amides is 3. The van der Waals surface area contributed by atoms with E-state index >= 15 is 0 Å². The molecule has 168 valence electrons. The molecule has 1 fully saturated rings. The standard InChI is InChI=1S/C17H26N4O9/c18-8-12(22)19-9(3-5-13(23)24)15(27)20-10(4-6-14(25)26)16(28)21-7-1-2-11(21)17(29)30/h9-11H,1-8,18H2,(H,19,22)(H,20,27)(H,23,24)(H,25,26)(H,29,30). The molecule has 0 spiro atoms. The number of likely N-dealkylation sites (tertiary alicyclic amines) is 1. The molecular weight excluding hydrogens is 404 g/mol. The van der Waals surface area contributed by atoms with Crippen molar-refractivity contribution in [1.82, 2.24) is 15.5 Å². The number of nitrogens with two attached hydrogens (primary N) is 1. The van der Waals surface area contributed by atoms with Gasteiger partial charge in [-0.15, -0.1) is 0 Å². The van der Waals surface area contributed by atoms with E-state index in [0.29, 0.717) is 6.42 Å². The third-order valence-corrected chi connectivity index (χ3v) is 4.57. The molecule has 1 saturated heterocycles. The predicted molar refractivity (Wildman–Crippen MR) is 99.0 cm³/mol. The summed E-state index contributed by atoms with van der Waals surface area (Å²) < 4.78 is 0. The topological polar surface area (TPSA) is 216 Å². The Balaban J connectivity index is 2.98. The molecule has 1 aliphatic heterocycles. The SMILES string of the molecule is NCC(=O)NC(CCC(=O)O)C(=O)NC(CCC(=O)O)C(=O)N1CCCC1C(=O)O. The van der Waals surface area contributed by atoms with Crippen molar-refractivity contribution in [2.45, 2.75) is 56.7 Å². The Morgan fingerprint density at radius 3 is 2.00 bits per heavy atom. The van der Waals surface area contributed by atoms with Crippen LogP contribution in [0.1, 0.15) is 38.5 Å². The lowest BCUT2D eigenvalue weighted by Crippen LogP contribution is -2.56. The van der Waals surface area contributed by atoms with Crippen molar-refractivity contribution in [3.05, 3.63) is 0 Å². The Hall–Kier alpha value is -3.22. The first kappa shape index (κ1) is 24.8. The van der Waals surface area contributed by atoms with Gasteiger partial charge in [-0.1, -0.05) is 0 Å². The number of carboxylic acids is 3. The Bertz CT molecular complexity index is 697. The molecule has 0 bridgehead atoms. The van der Waals surface area contributed by atoms with E-state index in [-0.39, 0.29) is 25.8 Å². The van der Waals surface area contributed by atoms with E-state index in [2.05, 4.69) is 10.6 Å². The molecule has 3 atom stereocenters. The molecule has 0 aromatic heterocycles. The number of nitrogens with one attached hydrogen (secondary N) is 2. The van der Waals surface area contributed by atoms with Gasteiger partial charge in [0.15, 0.2) is 0 Å². The van der Waals surface area contributed by atoms with Crippen LogP contribution in [0.3, 0.4) is 0 Å². The van der Waals surface area contributed by atoms with Crippen LogP contribution in [0.5, 0.6) is 0 Å². The molecule has 3 amide bonds. The summed E-state index contributed by atoms with van der Waals surface area (Å²) in [4.78, 5) is 71.1. The second-order valence-electron chi connectivity index (χ2n) is 6.78. The molecule has 13 nitrogen and oxygen atoms in total. The molecule has 1 aliphatic rings. The van der Waals surface area contributed by atoms with Gasteiger partial charge in [0.1, 0.15) is 18.1 Å². The van der Waals surface area contributed by atoms with E-state index in [1.165, 1.54) is 0 Å². The molecule has 0 aromatic carbocycles. The van der Waals surface area contributed by atoms with Crippen molar-refractivity contribution in [3.8, 4) is 0 Å². The number of carbonyl (C=O) groups is 6. The van der Waals surface area contributed by atoms with E-state index in [1.807, 2.05) is 0 Å². The van der Waals surface area contributed by atoms with Gasteiger partial charge in [-0.05, 0) is 25.7 Å². The van der Waals surface area contributed by atoms with Gasteiger partial charge in [0, 0.05) is 19.4 Å². The zero-order chi connectivity index (χ0) is 22.8. The lowest BCUT2D eigenvalue weighted by atomic mass is 10.1. The molecule has 0 radical (unpaired) electrons. The summed E-state index contributed by atoms with van der Waals surface area (Å²) in [6.45, 7) is -0.312. The molecule has 0 saturated carbocycles. The Morgan fingerprint density at radius 2 is 1.50 bits per heavy atom. The van der Waals surface area contributed by atoms with Gasteiger partial charge in [0.05, 0.1) is 6.54 Å². The minimum atomic E-state index is -1.35. The summed E-state index contributed by atoms with van der Waals surface area (Å²) in [7, 11) is 0. The lowest BCUT2D eigenvalue weighted by Gasteiger charge is -2.28. The summed E-state index contributed by atoms with van der Waals surface area (Å²) in [6, 6.07) is -3.75. The van der Waals surface area contributed by atoms with Gasteiger partial charge in [-0.25, -0.2) is 4.79 Å². The minimum Gasteiger partial charge on any atom is -0.481 e. The van der Waals surface area contributed by atoms with Crippen molar-refractivity contribution in [2.75, 3.05) is 13.1 Å². The minimum absolute atomic E-state index is 0.140. The van der Waals surface area contributed by atoms with E-state index in [0.717, 1.165) is 4.90 Å². The summed E-state index contributed by atoms with van der Waals surface area (Å²) in [6.07, 6.45) is -0.848. The normalized spacial score (nSPS) is 17.6. The molecular formula is C17H26N4O9. The monoisotopic (exact) mass is 430 g/mol. The number of carbonyl (C=O) groups excluding carboxylic acids is 3. The fourth-order valence-corrected chi connectivity index (χ4v) is 3.07. The fraction of sp³-hybridized carbons (Fsp3) is 0.647. The summed E-state index contributed by atoms with van der Waals surface area (Å²) in [5.74, 6) is -6.02. The van der Waals surface area contributed by atoms with Crippen LogP contribution in [-0.2, 0) is 28.8 Å². The number of nitrogens with zero attached hydrogens (tertiary/aromatic N) is 1. The van der Waals surface area contributed by atoms with Crippen LogP contribution in [0.2, 0.25) is 0 Å². The zero-order valence-corrected chi connectivity index (χ0v) is 16.2. The third kappa shape index (κ3) is 7.66. The first-order valence-corrected chi connectivity index (χ1v) is 9.33. The van der Waals surface area contributed by atoms with E-state index < -0.39 is 73.1 Å². The van der Waals surface area contributed by atoms with E-state index in [4.69, 9.17) is 15.9 Å². The average Bonchev–Trinajstić information content (AvgIpc) is 3.17. The van der Waals surface area contributed by atoms with E-state index in [1.54, 1.807) is 0 Å². The molecule has 13 heteroatoms. The quantitative estimate of drug-likeness (QED) is 0.195. The van der Waals surface area contributed by atoms with E-state index in [9.17, 15) is 33.9 Å². The summed E-state index contributed by atoms with van der Waals surface area (Å²) in [5.41, 5.74) is 5.19. The molecule has 1 rings (SSSR count). The van der Waals surface area contributed by atoms with Crippen molar-refractivity contribution in [2.24, 2.45) is 5.73 Å². The number of hydrogen-bond donors (Lipinski definition) is 6. The Morgan fingerprint density at radius 1 is 0.933 bits per heavy atom. The number of carboxylic acid groups (broad SMARTS) is 3. The van der Waals surface area contributed by atoms with Crippen LogP contribution in [0.15, 0.2) is 0 Å². The lowest BCUT2D eigenvalue weighted by molar-refractivity contribution is -0.150. The Labute approximate surface area is 171 Å². The first-order valence-electron chi connectivity index (χ1n) is 9.33. The maximum Gasteiger partial charge on any atom is 0.326 e. The smallest absolute Gasteiger partial charge is 0.326 e. The highest BCUT2D eigenvalue weighted by Gasteiger charge is 2.38. The van der Waals surface area contributed by atoms with Gasteiger partial charge < -0.3 is 36.6 Å². The summed E-state index contributed by atoms with van der Waals surface area (Å²) in [5, 5.41) is 31.6. The first-order chi connectivity index (χ1) is 14.1. The number of aliphatic carboxylic acids is 3. The largest absolute Gasteiger partial charge is 0.481 e. The van der Waals surface area contributed by atoms with Gasteiger partial charge in [0.25, 0.3) is 0 Å². The van der Waals surface area contributed by atoms with Gasteiger partial charge in [0.2, 0.25) is 17.7 Å². The molecule has 7 N–H and O–H groups in total. The van der Waals surface area contributed by atoms with Crippen LogP contribution in [0.4, 0.5) is 0 Å². The molecule has 30 heavy (non-hydrogen) atoms. The molecule has 3 unspecified atom stereocenters. The number of hydrogen-bond acceptors (Lipinski definition) is 7. The summed E-state index contributed by atoms with van der Waals surface area (Å²) >= 11 is 0. The average molecular weight is 430 g/mol. The maximum absolute atomic E-state index is 12.8. The third-order valence-electron chi connectivity index (χ3n) is 4.57. The van der Waals surface area contributed by atoms with Gasteiger partial charge >= 0.3 is 17.9 Å². The van der Waals surface area contributed by atoms with Gasteiger partial charge in [-0.2, -0.15) is 0 Å². The zero-order valence-electron chi connectivity index (χ0n) is 16.2. The van der Waals surface area contributed by atoms with Crippen LogP contribution in [0.25, 0.3) is 0 Å². The molecule has 0 aromatic rings.